The van der Waals surface area contributed by atoms with Crippen molar-refractivity contribution in [2.75, 3.05) is 7.11 Å². The molecule has 4 fully saturated rings. The van der Waals surface area contributed by atoms with Crippen molar-refractivity contribution in [1.29, 1.82) is 0 Å². The van der Waals surface area contributed by atoms with E-state index in [0.717, 1.165) is 41.2 Å². The third-order valence-electron chi connectivity index (χ3n) is 6.98. The highest BCUT2D eigenvalue weighted by atomic mass is 16.5. The van der Waals surface area contributed by atoms with Crippen molar-refractivity contribution in [2.45, 2.75) is 51.5 Å². The number of ether oxygens (including phenoxy) is 1. The Morgan fingerprint density at radius 2 is 1.89 bits per heavy atom. The Morgan fingerprint density at radius 1 is 1.19 bits per heavy atom. The largest absolute Gasteiger partial charge is 0.497 e. The zero-order chi connectivity index (χ0) is 18.4. The number of nitrogens with zero attached hydrogens (tertiary/aromatic N) is 3. The molecule has 142 valence electrons. The van der Waals surface area contributed by atoms with E-state index in [4.69, 9.17) is 4.74 Å². The maximum atomic E-state index is 12.8. The molecule has 2 aromatic rings. The van der Waals surface area contributed by atoms with Gasteiger partial charge in [-0.05, 0) is 73.8 Å². The first-order valence-corrected chi connectivity index (χ1v) is 10.2. The lowest BCUT2D eigenvalue weighted by Crippen LogP contribution is -2.47. The van der Waals surface area contributed by atoms with Crippen molar-refractivity contribution in [2.24, 2.45) is 23.2 Å². The molecule has 4 saturated carbocycles. The van der Waals surface area contributed by atoms with Crippen LogP contribution in [0.5, 0.6) is 5.75 Å². The molecule has 27 heavy (non-hydrogen) atoms. The summed E-state index contributed by atoms with van der Waals surface area (Å²) in [6.45, 7) is 0.332. The summed E-state index contributed by atoms with van der Waals surface area (Å²) in [5, 5.41) is 8.43. The minimum atomic E-state index is 0.294. The van der Waals surface area contributed by atoms with E-state index in [2.05, 4.69) is 10.3 Å². The molecule has 5 nitrogen and oxygen atoms in total. The summed E-state index contributed by atoms with van der Waals surface area (Å²) in [7, 11) is 1.65. The Hall–Kier alpha value is -2.17. The number of carbonyl (C=O) groups is 1. The van der Waals surface area contributed by atoms with E-state index in [1.165, 1.54) is 38.5 Å². The molecule has 0 spiro atoms. The Balaban J connectivity index is 1.26. The second-order valence-corrected chi connectivity index (χ2v) is 9.17. The molecule has 1 aromatic carbocycles. The minimum absolute atomic E-state index is 0.294. The highest BCUT2D eigenvalue weighted by Crippen LogP contribution is 2.61. The second kappa shape index (κ2) is 6.47. The molecule has 0 unspecified atom stereocenters. The molecule has 0 radical (unpaired) electrons. The van der Waals surface area contributed by atoms with Crippen molar-refractivity contribution in [3.05, 3.63) is 30.5 Å². The van der Waals surface area contributed by atoms with E-state index in [0.29, 0.717) is 17.7 Å². The Morgan fingerprint density at radius 3 is 2.56 bits per heavy atom. The molecule has 0 N–H and O–H groups in total. The highest BCUT2D eigenvalue weighted by molar-refractivity contribution is 5.79. The summed E-state index contributed by atoms with van der Waals surface area (Å²) < 4.78 is 6.97. The van der Waals surface area contributed by atoms with Crippen LogP contribution in [0.4, 0.5) is 0 Å². The smallest absolute Gasteiger partial charge is 0.154 e. The number of aromatic nitrogens is 3. The van der Waals surface area contributed by atoms with Gasteiger partial charge in [0.05, 0.1) is 13.3 Å². The van der Waals surface area contributed by atoms with Gasteiger partial charge in [0, 0.05) is 12.0 Å². The topological polar surface area (TPSA) is 57.0 Å². The molecular formula is C22H27N3O2. The molecular weight excluding hydrogens is 338 g/mol. The number of carbonyl (C=O) groups excluding carboxylic acids is 1. The van der Waals surface area contributed by atoms with Gasteiger partial charge >= 0.3 is 0 Å². The van der Waals surface area contributed by atoms with Gasteiger partial charge in [-0.1, -0.05) is 17.3 Å². The fourth-order valence-electron chi connectivity index (χ4n) is 6.45. The number of methoxy groups -OCH3 is 1. The van der Waals surface area contributed by atoms with E-state index in [9.17, 15) is 4.79 Å². The minimum Gasteiger partial charge on any atom is -0.497 e. The molecule has 0 amide bonds. The molecule has 6 rings (SSSR count). The summed E-state index contributed by atoms with van der Waals surface area (Å²) in [6.07, 6.45) is 10.7. The van der Waals surface area contributed by atoms with Crippen molar-refractivity contribution >= 4 is 5.78 Å². The fourth-order valence-corrected chi connectivity index (χ4v) is 6.45. The van der Waals surface area contributed by atoms with Crippen LogP contribution in [0.2, 0.25) is 0 Å². The maximum absolute atomic E-state index is 12.8. The van der Waals surface area contributed by atoms with Gasteiger partial charge in [-0.2, -0.15) is 0 Å². The Labute approximate surface area is 160 Å². The quantitative estimate of drug-likeness (QED) is 0.772. The monoisotopic (exact) mass is 365 g/mol. The highest BCUT2D eigenvalue weighted by Gasteiger charge is 2.51. The molecule has 1 aromatic heterocycles. The summed E-state index contributed by atoms with van der Waals surface area (Å²) in [6, 6.07) is 7.76. The molecule has 0 aliphatic heterocycles. The normalized spacial score (nSPS) is 31.2. The summed E-state index contributed by atoms with van der Waals surface area (Å²) >= 11 is 0. The van der Waals surface area contributed by atoms with Crippen LogP contribution in [-0.2, 0) is 11.3 Å². The average molecular weight is 365 g/mol. The maximum Gasteiger partial charge on any atom is 0.154 e. The van der Waals surface area contributed by atoms with Crippen LogP contribution < -0.4 is 4.74 Å². The number of ketones is 1. The van der Waals surface area contributed by atoms with Gasteiger partial charge in [-0.25, -0.2) is 4.68 Å². The molecule has 4 aliphatic rings. The van der Waals surface area contributed by atoms with Gasteiger partial charge in [-0.3, -0.25) is 4.79 Å². The van der Waals surface area contributed by atoms with Crippen molar-refractivity contribution in [3.8, 4) is 17.0 Å². The van der Waals surface area contributed by atoms with E-state index >= 15 is 0 Å². The first-order chi connectivity index (χ1) is 13.1. The van der Waals surface area contributed by atoms with Crippen LogP contribution in [0.3, 0.4) is 0 Å². The first kappa shape index (κ1) is 17.0. The Bertz CT molecular complexity index is 821. The van der Waals surface area contributed by atoms with Gasteiger partial charge in [0.2, 0.25) is 0 Å². The van der Waals surface area contributed by atoms with Crippen molar-refractivity contribution in [1.82, 2.24) is 15.0 Å². The SMILES string of the molecule is COc1cccc(-c2cn(CC(=O)CC34CC5CC(CC(C5)C3)C4)nn2)c1. The van der Waals surface area contributed by atoms with Crippen LogP contribution >= 0.6 is 0 Å². The van der Waals surface area contributed by atoms with E-state index < -0.39 is 0 Å². The van der Waals surface area contributed by atoms with Gasteiger partial charge in [0.1, 0.15) is 18.0 Å². The third kappa shape index (κ3) is 3.28. The van der Waals surface area contributed by atoms with Crippen molar-refractivity contribution < 1.29 is 9.53 Å². The first-order valence-electron chi connectivity index (χ1n) is 10.2. The summed E-state index contributed by atoms with van der Waals surface area (Å²) in [5.41, 5.74) is 2.02. The van der Waals surface area contributed by atoms with Gasteiger partial charge in [-0.15, -0.1) is 5.10 Å². The molecule has 4 bridgehead atoms. The lowest BCUT2D eigenvalue weighted by molar-refractivity contribution is -0.128. The standard InChI is InChI=1S/C22H27N3O2/c1-27-20-4-2-3-18(8-20)21-14-25(24-23-21)13-19(26)12-22-9-15-5-16(10-22)7-17(6-15)11-22/h2-4,8,14-17H,5-7,9-13H2,1H3. The van der Waals surface area contributed by atoms with Crippen LogP contribution in [0, 0.1) is 23.2 Å². The zero-order valence-corrected chi connectivity index (χ0v) is 15.9. The van der Waals surface area contributed by atoms with Gasteiger partial charge in [0.25, 0.3) is 0 Å². The molecule has 0 saturated heterocycles. The molecule has 1 heterocycles. The molecule has 4 aliphatic carbocycles. The van der Waals surface area contributed by atoms with E-state index in [1.54, 1.807) is 11.8 Å². The van der Waals surface area contributed by atoms with Gasteiger partial charge in [0.15, 0.2) is 5.78 Å². The number of Topliss-reactive ketones (excluding diaryl/α,β-unsaturated/α-hetero) is 1. The summed E-state index contributed by atoms with van der Waals surface area (Å²) in [5.74, 6) is 3.75. The third-order valence-corrected chi connectivity index (χ3v) is 6.98. The average Bonchev–Trinajstić information content (AvgIpc) is 3.08. The number of hydrogen-bond donors (Lipinski definition) is 0. The predicted octanol–water partition coefficient (Wildman–Crippen LogP) is 4.13. The van der Waals surface area contributed by atoms with Crippen LogP contribution in [0.1, 0.15) is 44.9 Å². The molecule has 5 heteroatoms. The van der Waals surface area contributed by atoms with Gasteiger partial charge < -0.3 is 4.74 Å². The lowest BCUT2D eigenvalue weighted by atomic mass is 9.48. The number of hydrogen-bond acceptors (Lipinski definition) is 4. The lowest BCUT2D eigenvalue weighted by Gasteiger charge is -2.56. The van der Waals surface area contributed by atoms with Crippen molar-refractivity contribution in [3.63, 3.8) is 0 Å². The number of benzene rings is 1. The second-order valence-electron chi connectivity index (χ2n) is 9.17. The zero-order valence-electron chi connectivity index (χ0n) is 15.9. The van der Waals surface area contributed by atoms with E-state index in [-0.39, 0.29) is 0 Å². The number of rotatable bonds is 6. The van der Waals surface area contributed by atoms with E-state index in [1.807, 2.05) is 30.5 Å². The Kier molecular flexibility index (Phi) is 4.06. The summed E-state index contributed by atoms with van der Waals surface area (Å²) in [4.78, 5) is 12.8. The van der Waals surface area contributed by atoms with Crippen LogP contribution in [0.15, 0.2) is 30.5 Å². The van der Waals surface area contributed by atoms with Crippen LogP contribution in [-0.4, -0.2) is 27.9 Å². The fraction of sp³-hybridized carbons (Fsp3) is 0.591. The van der Waals surface area contributed by atoms with Crippen LogP contribution in [0.25, 0.3) is 11.3 Å². The predicted molar refractivity (Wildman–Crippen MR) is 102 cm³/mol. The molecule has 0 atom stereocenters.